The van der Waals surface area contributed by atoms with Gasteiger partial charge in [-0.05, 0) is 54.0 Å². The molecule has 1 amide bonds. The average molecular weight is 392 g/mol. The van der Waals surface area contributed by atoms with E-state index in [1.807, 2.05) is 6.92 Å². The van der Waals surface area contributed by atoms with Crippen molar-refractivity contribution in [3.05, 3.63) is 40.7 Å². The molecular formula is C18H22ClN5O3. The maximum atomic E-state index is 12.5. The van der Waals surface area contributed by atoms with Gasteiger partial charge < -0.3 is 9.64 Å². The summed E-state index contributed by atoms with van der Waals surface area (Å²) in [7, 11) is 0. The monoisotopic (exact) mass is 391 g/mol. The van der Waals surface area contributed by atoms with Gasteiger partial charge in [0, 0.05) is 30.2 Å². The molecule has 9 heteroatoms. The molecule has 3 rings (SSSR count). The number of amides is 1. The maximum absolute atomic E-state index is 12.5. The summed E-state index contributed by atoms with van der Waals surface area (Å²) in [6.45, 7) is 3.82. The number of benzene rings is 1. The van der Waals surface area contributed by atoms with Crippen molar-refractivity contribution in [2.24, 2.45) is 5.92 Å². The highest BCUT2D eigenvalue weighted by Gasteiger charge is 2.29. The number of halogens is 1. The van der Waals surface area contributed by atoms with E-state index in [1.54, 1.807) is 33.8 Å². The number of likely N-dealkylation sites (tertiary alicyclic amines) is 1. The third kappa shape index (κ3) is 4.82. The molecule has 0 unspecified atom stereocenters. The molecule has 0 aliphatic carbocycles. The van der Waals surface area contributed by atoms with Gasteiger partial charge in [0.15, 0.2) is 12.4 Å². The lowest BCUT2D eigenvalue weighted by atomic mass is 9.96. The van der Waals surface area contributed by atoms with Crippen molar-refractivity contribution in [3.8, 4) is 0 Å². The zero-order valence-corrected chi connectivity index (χ0v) is 15.9. The quantitative estimate of drug-likeness (QED) is 0.702. The number of rotatable bonds is 6. The number of hydrogen-bond acceptors (Lipinski definition) is 6. The first-order chi connectivity index (χ1) is 13.1. The number of piperidine rings is 1. The zero-order chi connectivity index (χ0) is 19.2. The molecule has 0 spiro atoms. The summed E-state index contributed by atoms with van der Waals surface area (Å²) in [5.74, 6) is 0.0205. The smallest absolute Gasteiger partial charge is 0.309 e. The number of carbonyl (C=O) groups excluding carboxylic acids is 2. The largest absolute Gasteiger partial charge is 0.457 e. The van der Waals surface area contributed by atoms with Gasteiger partial charge in [-0.1, -0.05) is 18.5 Å². The number of esters is 1. The fraction of sp³-hybridized carbons (Fsp3) is 0.500. The van der Waals surface area contributed by atoms with E-state index < -0.39 is 0 Å². The van der Waals surface area contributed by atoms with Crippen LogP contribution in [0, 0.1) is 5.92 Å². The Bertz CT molecular complexity index is 785. The molecule has 1 aliphatic rings. The van der Waals surface area contributed by atoms with Gasteiger partial charge in [0.1, 0.15) is 0 Å². The lowest BCUT2D eigenvalue weighted by Crippen LogP contribution is -2.40. The van der Waals surface area contributed by atoms with E-state index in [2.05, 4.69) is 15.5 Å². The highest BCUT2D eigenvalue weighted by atomic mass is 35.5. The summed E-state index contributed by atoms with van der Waals surface area (Å²) in [5, 5.41) is 12.0. The molecular weight excluding hydrogens is 370 g/mol. The second-order valence-electron chi connectivity index (χ2n) is 6.50. The molecule has 0 N–H and O–H groups in total. The summed E-state index contributed by atoms with van der Waals surface area (Å²) >= 11 is 5.86. The van der Waals surface area contributed by atoms with Crippen LogP contribution in [0.4, 0.5) is 0 Å². The Kier molecular flexibility index (Phi) is 6.39. The van der Waals surface area contributed by atoms with Gasteiger partial charge in [-0.3, -0.25) is 9.59 Å². The van der Waals surface area contributed by atoms with Gasteiger partial charge in [0.2, 0.25) is 0 Å². The minimum absolute atomic E-state index is 0.0442. The van der Waals surface area contributed by atoms with E-state index >= 15 is 0 Å². The first-order valence-corrected chi connectivity index (χ1v) is 9.42. The summed E-state index contributed by atoms with van der Waals surface area (Å²) in [6, 6.07) is 6.83. The van der Waals surface area contributed by atoms with Gasteiger partial charge in [0.25, 0.3) is 5.91 Å². The van der Waals surface area contributed by atoms with E-state index in [1.165, 1.54) is 0 Å². The standard InChI is InChI=1S/C18H22ClN5O3/c1-2-9-24-16(20-21-22-24)12-27-18(26)14-7-10-23(11-8-14)17(25)13-3-5-15(19)6-4-13/h3-6,14H,2,7-12H2,1H3. The van der Waals surface area contributed by atoms with Crippen LogP contribution >= 0.6 is 11.6 Å². The van der Waals surface area contributed by atoms with Crippen molar-refractivity contribution in [2.45, 2.75) is 39.3 Å². The van der Waals surface area contributed by atoms with Gasteiger partial charge in [0.05, 0.1) is 5.92 Å². The van der Waals surface area contributed by atoms with Crippen LogP contribution in [0.2, 0.25) is 5.02 Å². The third-order valence-corrected chi connectivity index (χ3v) is 4.84. The van der Waals surface area contributed by atoms with Crippen LogP contribution in [-0.2, 0) is 22.7 Å². The van der Waals surface area contributed by atoms with E-state index in [0.717, 1.165) is 6.42 Å². The van der Waals surface area contributed by atoms with Crippen LogP contribution in [0.25, 0.3) is 0 Å². The number of hydrogen-bond donors (Lipinski definition) is 0. The summed E-state index contributed by atoms with van der Waals surface area (Å²) in [6.07, 6.45) is 2.06. The second kappa shape index (κ2) is 8.94. The van der Waals surface area contributed by atoms with Crippen molar-refractivity contribution in [3.63, 3.8) is 0 Å². The number of aryl methyl sites for hydroxylation is 1. The van der Waals surface area contributed by atoms with Crippen molar-refractivity contribution >= 4 is 23.5 Å². The maximum Gasteiger partial charge on any atom is 0.309 e. The Hall–Kier alpha value is -2.48. The van der Waals surface area contributed by atoms with Crippen LogP contribution in [0.5, 0.6) is 0 Å². The topological polar surface area (TPSA) is 90.2 Å². The number of aromatic nitrogens is 4. The van der Waals surface area contributed by atoms with Gasteiger partial charge in [-0.15, -0.1) is 5.10 Å². The summed E-state index contributed by atoms with van der Waals surface area (Å²) < 4.78 is 7.03. The molecule has 0 atom stereocenters. The predicted octanol–water partition coefficient (Wildman–Crippen LogP) is 2.33. The third-order valence-electron chi connectivity index (χ3n) is 4.59. The number of ether oxygens (including phenoxy) is 1. The molecule has 27 heavy (non-hydrogen) atoms. The average Bonchev–Trinajstić information content (AvgIpc) is 3.14. The van der Waals surface area contributed by atoms with E-state index in [0.29, 0.717) is 48.9 Å². The molecule has 1 fully saturated rings. The molecule has 144 valence electrons. The Morgan fingerprint density at radius 3 is 2.59 bits per heavy atom. The minimum atomic E-state index is -0.264. The lowest BCUT2D eigenvalue weighted by molar-refractivity contribution is -0.151. The molecule has 2 heterocycles. The van der Waals surface area contributed by atoms with E-state index in [-0.39, 0.29) is 24.4 Å². The van der Waals surface area contributed by atoms with E-state index in [9.17, 15) is 9.59 Å². The molecule has 1 aliphatic heterocycles. The summed E-state index contributed by atoms with van der Waals surface area (Å²) in [4.78, 5) is 26.6. The first-order valence-electron chi connectivity index (χ1n) is 9.05. The van der Waals surface area contributed by atoms with Crippen LogP contribution in [0.3, 0.4) is 0 Å². The van der Waals surface area contributed by atoms with Crippen molar-refractivity contribution < 1.29 is 14.3 Å². The fourth-order valence-electron chi connectivity index (χ4n) is 3.06. The highest BCUT2D eigenvalue weighted by molar-refractivity contribution is 6.30. The normalized spacial score (nSPS) is 15.0. The van der Waals surface area contributed by atoms with Crippen LogP contribution in [-0.4, -0.2) is 50.1 Å². The molecule has 1 aromatic carbocycles. The SMILES string of the molecule is CCCn1nnnc1COC(=O)C1CCN(C(=O)c2ccc(Cl)cc2)CC1. The lowest BCUT2D eigenvalue weighted by Gasteiger charge is -2.31. The molecule has 0 saturated carbocycles. The Morgan fingerprint density at radius 2 is 1.93 bits per heavy atom. The molecule has 2 aromatic rings. The Morgan fingerprint density at radius 1 is 1.22 bits per heavy atom. The number of nitrogens with zero attached hydrogens (tertiary/aromatic N) is 5. The van der Waals surface area contributed by atoms with E-state index in [4.69, 9.17) is 16.3 Å². The minimum Gasteiger partial charge on any atom is -0.457 e. The molecule has 1 saturated heterocycles. The fourth-order valence-corrected chi connectivity index (χ4v) is 3.18. The molecule has 8 nitrogen and oxygen atoms in total. The second-order valence-corrected chi connectivity index (χ2v) is 6.94. The number of tetrazole rings is 1. The molecule has 1 aromatic heterocycles. The highest BCUT2D eigenvalue weighted by Crippen LogP contribution is 2.21. The first kappa shape index (κ1) is 19.3. The molecule has 0 bridgehead atoms. The van der Waals surface area contributed by atoms with Crippen LogP contribution in [0.1, 0.15) is 42.4 Å². The molecule has 0 radical (unpaired) electrons. The summed E-state index contributed by atoms with van der Waals surface area (Å²) in [5.41, 5.74) is 0.600. The van der Waals surface area contributed by atoms with Crippen molar-refractivity contribution in [2.75, 3.05) is 13.1 Å². The van der Waals surface area contributed by atoms with Crippen molar-refractivity contribution in [1.82, 2.24) is 25.1 Å². The predicted molar refractivity (Wildman–Crippen MR) is 98.0 cm³/mol. The Labute approximate surface area is 162 Å². The zero-order valence-electron chi connectivity index (χ0n) is 15.2. The van der Waals surface area contributed by atoms with Crippen molar-refractivity contribution in [1.29, 1.82) is 0 Å². The Balaban J connectivity index is 1.48. The number of carbonyl (C=O) groups is 2. The van der Waals surface area contributed by atoms with Crippen LogP contribution < -0.4 is 0 Å². The van der Waals surface area contributed by atoms with Gasteiger partial charge in [-0.2, -0.15) is 0 Å². The van der Waals surface area contributed by atoms with Crippen LogP contribution in [0.15, 0.2) is 24.3 Å². The van der Waals surface area contributed by atoms with Gasteiger partial charge in [-0.25, -0.2) is 4.68 Å². The van der Waals surface area contributed by atoms with Gasteiger partial charge >= 0.3 is 5.97 Å².